The number of piperazine rings is 1. The van der Waals surface area contributed by atoms with Crippen molar-refractivity contribution in [1.29, 1.82) is 5.26 Å². The number of aromatic nitrogens is 1. The van der Waals surface area contributed by atoms with Crippen LogP contribution in [0.1, 0.15) is 17.7 Å². The third-order valence-electron chi connectivity index (χ3n) is 5.81. The van der Waals surface area contributed by atoms with E-state index in [1.807, 2.05) is 24.3 Å². The highest BCUT2D eigenvalue weighted by Gasteiger charge is 2.19. The van der Waals surface area contributed by atoms with E-state index in [4.69, 9.17) is 5.26 Å². The Morgan fingerprint density at radius 3 is 2.47 bits per heavy atom. The smallest absolute Gasteiger partial charge is 0.280 e. The van der Waals surface area contributed by atoms with E-state index >= 15 is 0 Å². The number of nitro groups is 1. The number of H-pyrrole nitrogens is 1. The number of non-ortho nitro benzene ring substituents is 1. The van der Waals surface area contributed by atoms with E-state index in [1.165, 1.54) is 0 Å². The Morgan fingerprint density at radius 2 is 1.81 bits per heavy atom. The number of hydrogen-bond acceptors (Lipinski definition) is 6. The summed E-state index contributed by atoms with van der Waals surface area (Å²) in [6.07, 6.45) is 1.35. The minimum Gasteiger partial charge on any atom is -0.369 e. The fraction of sp³-hybridized carbons (Fsp3) is 0.304. The Morgan fingerprint density at radius 1 is 1.09 bits per heavy atom. The van der Waals surface area contributed by atoms with Crippen LogP contribution in [-0.2, 0) is 6.42 Å². The molecule has 2 aromatic carbocycles. The van der Waals surface area contributed by atoms with Crippen LogP contribution in [0.2, 0.25) is 0 Å². The van der Waals surface area contributed by atoms with E-state index in [1.54, 1.807) is 6.07 Å². The van der Waals surface area contributed by atoms with E-state index in [0.717, 1.165) is 57.0 Å². The molecule has 0 radical (unpaired) electrons. The zero-order valence-electron chi connectivity index (χ0n) is 17.4. The highest BCUT2D eigenvalue weighted by atomic mass is 19.1. The Hall–Kier alpha value is -3.77. The largest absolute Gasteiger partial charge is 0.369 e. The third-order valence-corrected chi connectivity index (χ3v) is 5.81. The average molecular weight is 435 g/mol. The molecule has 1 N–H and O–H groups in total. The van der Waals surface area contributed by atoms with Crippen molar-refractivity contribution in [2.24, 2.45) is 0 Å². The van der Waals surface area contributed by atoms with Gasteiger partial charge in [-0.3, -0.25) is 19.8 Å². The van der Waals surface area contributed by atoms with Crippen LogP contribution < -0.4 is 10.5 Å². The van der Waals surface area contributed by atoms with Gasteiger partial charge in [0.25, 0.3) is 11.2 Å². The van der Waals surface area contributed by atoms with Gasteiger partial charge in [-0.25, -0.2) is 4.39 Å². The Labute approximate surface area is 183 Å². The Bertz CT molecular complexity index is 1240. The minimum atomic E-state index is -0.803. The molecule has 1 aliphatic heterocycles. The fourth-order valence-corrected chi connectivity index (χ4v) is 4.12. The molecule has 0 spiro atoms. The molecular weight excluding hydrogens is 413 g/mol. The second-order valence-corrected chi connectivity index (χ2v) is 7.86. The van der Waals surface area contributed by atoms with Crippen LogP contribution in [0.25, 0.3) is 10.8 Å². The van der Waals surface area contributed by atoms with Crippen molar-refractivity contribution >= 4 is 22.1 Å². The predicted octanol–water partition coefficient (Wildman–Crippen LogP) is 3.20. The molecule has 0 amide bonds. The summed E-state index contributed by atoms with van der Waals surface area (Å²) in [6.45, 7) is 4.41. The zero-order valence-corrected chi connectivity index (χ0v) is 17.4. The van der Waals surface area contributed by atoms with Gasteiger partial charge in [-0.1, -0.05) is 0 Å². The number of rotatable bonds is 6. The molecule has 1 fully saturated rings. The number of nitro benzene ring substituents is 1. The number of pyridine rings is 1. The van der Waals surface area contributed by atoms with Gasteiger partial charge in [-0.15, -0.1) is 0 Å². The van der Waals surface area contributed by atoms with Crippen molar-refractivity contribution in [1.82, 2.24) is 9.88 Å². The maximum Gasteiger partial charge on any atom is 0.280 e. The normalized spacial score (nSPS) is 14.4. The average Bonchev–Trinajstić information content (AvgIpc) is 2.79. The van der Waals surface area contributed by atoms with Crippen LogP contribution in [0.3, 0.4) is 0 Å². The van der Waals surface area contributed by atoms with Gasteiger partial charge < -0.3 is 9.88 Å². The summed E-state index contributed by atoms with van der Waals surface area (Å²) in [5.41, 5.74) is 1.45. The topological polar surface area (TPSA) is 106 Å². The summed E-state index contributed by atoms with van der Waals surface area (Å²) in [5, 5.41) is 20.3. The molecule has 0 atom stereocenters. The van der Waals surface area contributed by atoms with Crippen LogP contribution >= 0.6 is 0 Å². The second-order valence-electron chi connectivity index (χ2n) is 7.86. The van der Waals surface area contributed by atoms with Crippen molar-refractivity contribution in [2.45, 2.75) is 12.8 Å². The Balaban J connectivity index is 1.35. The molecule has 8 nitrogen and oxygen atoms in total. The molecule has 32 heavy (non-hydrogen) atoms. The molecule has 0 aliphatic carbocycles. The van der Waals surface area contributed by atoms with Gasteiger partial charge in [0.2, 0.25) is 0 Å². The van der Waals surface area contributed by atoms with E-state index in [0.29, 0.717) is 17.7 Å². The van der Waals surface area contributed by atoms with E-state index in [2.05, 4.69) is 20.9 Å². The van der Waals surface area contributed by atoms with Crippen molar-refractivity contribution in [3.05, 3.63) is 80.0 Å². The number of nitriles is 1. The van der Waals surface area contributed by atoms with Gasteiger partial charge in [0.05, 0.1) is 33.4 Å². The van der Waals surface area contributed by atoms with Crippen molar-refractivity contribution in [3.63, 3.8) is 0 Å². The molecule has 4 rings (SSSR count). The van der Waals surface area contributed by atoms with E-state index < -0.39 is 22.0 Å². The molecule has 0 unspecified atom stereocenters. The van der Waals surface area contributed by atoms with E-state index in [-0.39, 0.29) is 10.8 Å². The quantitative estimate of drug-likeness (QED) is 0.471. The lowest BCUT2D eigenvalue weighted by atomic mass is 10.1. The lowest BCUT2D eigenvalue weighted by Crippen LogP contribution is -2.46. The number of halogens is 1. The molecule has 1 saturated heterocycles. The first-order valence-electron chi connectivity index (χ1n) is 10.4. The summed E-state index contributed by atoms with van der Waals surface area (Å²) in [6, 6.07) is 13.2. The summed E-state index contributed by atoms with van der Waals surface area (Å²) >= 11 is 0. The maximum absolute atomic E-state index is 13.6. The summed E-state index contributed by atoms with van der Waals surface area (Å²) in [5.74, 6) is -0.803. The number of nitrogens with one attached hydrogen (secondary N) is 1. The predicted molar refractivity (Wildman–Crippen MR) is 119 cm³/mol. The third kappa shape index (κ3) is 4.60. The molecule has 3 aromatic rings. The van der Waals surface area contributed by atoms with Crippen LogP contribution in [0, 0.1) is 27.3 Å². The highest BCUT2D eigenvalue weighted by molar-refractivity contribution is 5.90. The summed E-state index contributed by atoms with van der Waals surface area (Å²) in [7, 11) is 0. The van der Waals surface area contributed by atoms with Gasteiger partial charge in [0.1, 0.15) is 5.82 Å². The number of hydrogen-bond donors (Lipinski definition) is 1. The molecule has 1 aliphatic rings. The maximum atomic E-state index is 13.6. The van der Waals surface area contributed by atoms with Crippen molar-refractivity contribution < 1.29 is 9.31 Å². The number of benzene rings is 2. The summed E-state index contributed by atoms with van der Waals surface area (Å²) in [4.78, 5) is 30.3. The van der Waals surface area contributed by atoms with Crippen molar-refractivity contribution in [3.8, 4) is 6.07 Å². The van der Waals surface area contributed by atoms with Crippen LogP contribution in [0.15, 0.2) is 47.3 Å². The molecule has 164 valence electrons. The van der Waals surface area contributed by atoms with Gasteiger partial charge in [-0.05, 0) is 55.8 Å². The van der Waals surface area contributed by atoms with Crippen LogP contribution in [-0.4, -0.2) is 47.5 Å². The van der Waals surface area contributed by atoms with E-state index in [9.17, 15) is 19.3 Å². The number of anilines is 1. The summed E-state index contributed by atoms with van der Waals surface area (Å²) < 4.78 is 13.6. The van der Waals surface area contributed by atoms with Gasteiger partial charge in [0, 0.05) is 37.6 Å². The van der Waals surface area contributed by atoms with Gasteiger partial charge in [-0.2, -0.15) is 5.26 Å². The number of fused-ring (bicyclic) bond motifs is 1. The van der Waals surface area contributed by atoms with Crippen LogP contribution in [0.5, 0.6) is 0 Å². The number of nitrogens with zero attached hydrogens (tertiary/aromatic N) is 4. The molecular formula is C23H22FN5O3. The van der Waals surface area contributed by atoms with Crippen LogP contribution in [0.4, 0.5) is 15.8 Å². The first-order chi connectivity index (χ1) is 15.4. The number of aromatic amines is 1. The zero-order chi connectivity index (χ0) is 22.7. The minimum absolute atomic E-state index is 0.0145. The second kappa shape index (κ2) is 9.16. The number of aryl methyl sites for hydroxylation is 1. The molecule has 0 bridgehead atoms. The molecule has 1 aromatic heterocycles. The Kier molecular flexibility index (Phi) is 6.14. The first kappa shape index (κ1) is 21.5. The highest BCUT2D eigenvalue weighted by Crippen LogP contribution is 2.25. The fourth-order valence-electron chi connectivity index (χ4n) is 4.12. The monoisotopic (exact) mass is 435 g/mol. The van der Waals surface area contributed by atoms with Gasteiger partial charge in [0.15, 0.2) is 0 Å². The lowest BCUT2D eigenvalue weighted by molar-refractivity contribution is -0.383. The lowest BCUT2D eigenvalue weighted by Gasteiger charge is -2.36. The van der Waals surface area contributed by atoms with Gasteiger partial charge >= 0.3 is 0 Å². The first-order valence-corrected chi connectivity index (χ1v) is 10.4. The molecule has 0 saturated carbocycles. The molecule has 9 heteroatoms. The standard InChI is InChI=1S/C23H22FN5O3/c24-17-12-21-20(22(13-17)29(31)32)14-18(26-23(21)30)2-1-7-27-8-10-28(11-9-27)19-5-3-16(15-25)4-6-19/h3-6,12-14H,1-2,7-11H2,(H,26,30). The van der Waals surface area contributed by atoms with Crippen molar-refractivity contribution in [2.75, 3.05) is 37.6 Å². The molecule has 2 heterocycles. The SMILES string of the molecule is N#Cc1ccc(N2CCN(CCCc3cc4c([N+](=O)[O-])cc(F)cc4c(=O)[nH]3)CC2)cc1.